The summed E-state index contributed by atoms with van der Waals surface area (Å²) in [6, 6.07) is 7.13. The maximum Gasteiger partial charge on any atom is 0.0343 e. The second kappa shape index (κ2) is 3.19. The van der Waals surface area contributed by atoms with E-state index < -0.39 is 0 Å². The van der Waals surface area contributed by atoms with Crippen molar-refractivity contribution in [2.24, 2.45) is 0 Å². The molecule has 12 heavy (non-hydrogen) atoms. The molecule has 1 atom stereocenters. The topological polar surface area (TPSA) is 12.0 Å². The minimum Gasteiger partial charge on any atom is -0.310 e. The van der Waals surface area contributed by atoms with Crippen molar-refractivity contribution in [3.8, 4) is 0 Å². The van der Waals surface area contributed by atoms with E-state index >= 15 is 0 Å². The molecule has 2 rings (SSSR count). The van der Waals surface area contributed by atoms with Crippen LogP contribution in [0.25, 0.3) is 0 Å². The van der Waals surface area contributed by atoms with E-state index in [2.05, 4.69) is 46.4 Å². The highest BCUT2D eigenvalue weighted by molar-refractivity contribution is 9.10. The van der Waals surface area contributed by atoms with Crippen LogP contribution in [-0.4, -0.2) is 6.54 Å². The molecule has 0 unspecified atom stereocenters. The van der Waals surface area contributed by atoms with E-state index in [-0.39, 0.29) is 0 Å². The molecule has 64 valence electrons. The number of nitrogens with one attached hydrogen (secondary N) is 1. The summed E-state index contributed by atoms with van der Waals surface area (Å²) in [6.07, 6.45) is 1.27. The van der Waals surface area contributed by atoms with Crippen molar-refractivity contribution < 1.29 is 0 Å². The summed E-state index contributed by atoms with van der Waals surface area (Å²) in [5.74, 6) is 0. The molecule has 1 aliphatic heterocycles. The molecule has 0 saturated carbocycles. The molecule has 1 aromatic carbocycles. The summed E-state index contributed by atoms with van der Waals surface area (Å²) < 4.78 is 1.24. The van der Waals surface area contributed by atoms with Crippen LogP contribution in [0.4, 0.5) is 0 Å². The largest absolute Gasteiger partial charge is 0.310 e. The Morgan fingerprint density at radius 3 is 2.75 bits per heavy atom. The molecule has 0 spiro atoms. The summed E-state index contributed by atoms with van der Waals surface area (Å²) >= 11 is 3.58. The van der Waals surface area contributed by atoms with Gasteiger partial charge in [-0.05, 0) is 37.1 Å². The van der Waals surface area contributed by atoms with E-state index in [1.54, 1.807) is 0 Å². The fourth-order valence-electron chi connectivity index (χ4n) is 1.47. The lowest BCUT2D eigenvalue weighted by atomic mass is 9.97. The van der Waals surface area contributed by atoms with Crippen LogP contribution < -0.4 is 5.32 Å². The molecule has 1 nitrogen and oxygen atoms in total. The quantitative estimate of drug-likeness (QED) is 0.776. The molecule has 1 saturated heterocycles. The van der Waals surface area contributed by atoms with Gasteiger partial charge >= 0.3 is 0 Å². The van der Waals surface area contributed by atoms with E-state index in [1.807, 2.05) is 0 Å². The van der Waals surface area contributed by atoms with Gasteiger partial charge in [-0.1, -0.05) is 28.1 Å². The lowest BCUT2D eigenvalue weighted by Crippen LogP contribution is -2.35. The van der Waals surface area contributed by atoms with Crippen molar-refractivity contribution in [1.82, 2.24) is 5.32 Å². The highest BCUT2D eigenvalue weighted by atomic mass is 79.9. The number of halogens is 1. The highest BCUT2D eigenvalue weighted by Gasteiger charge is 2.20. The van der Waals surface area contributed by atoms with Crippen molar-refractivity contribution in [3.63, 3.8) is 0 Å². The van der Waals surface area contributed by atoms with Gasteiger partial charge in [0.05, 0.1) is 0 Å². The number of hydrogen-bond acceptors (Lipinski definition) is 1. The fourth-order valence-corrected chi connectivity index (χ4v) is 2.24. The zero-order chi connectivity index (χ0) is 8.55. The molecule has 0 bridgehead atoms. The van der Waals surface area contributed by atoms with Crippen LogP contribution in [0.1, 0.15) is 23.6 Å². The molecule has 1 fully saturated rings. The number of aryl methyl sites for hydroxylation is 1. The van der Waals surface area contributed by atoms with Gasteiger partial charge in [0.15, 0.2) is 0 Å². The predicted molar refractivity (Wildman–Crippen MR) is 54.2 cm³/mol. The van der Waals surface area contributed by atoms with Crippen molar-refractivity contribution >= 4 is 15.9 Å². The van der Waals surface area contributed by atoms with Crippen LogP contribution in [0, 0.1) is 6.92 Å². The molecule has 1 aliphatic rings. The lowest BCUT2D eigenvalue weighted by molar-refractivity contribution is 0.382. The molecule has 0 radical (unpaired) electrons. The Kier molecular flexibility index (Phi) is 2.20. The summed E-state index contributed by atoms with van der Waals surface area (Å²) in [6.45, 7) is 3.27. The monoisotopic (exact) mass is 225 g/mol. The number of hydrogen-bond donors (Lipinski definition) is 1. The van der Waals surface area contributed by atoms with Gasteiger partial charge < -0.3 is 5.32 Å². The number of rotatable bonds is 1. The second-order valence-electron chi connectivity index (χ2n) is 3.32. The van der Waals surface area contributed by atoms with Crippen molar-refractivity contribution in [2.75, 3.05) is 6.54 Å². The summed E-state index contributed by atoms with van der Waals surface area (Å²) in [5, 5.41) is 3.39. The molecule has 0 aromatic heterocycles. The second-order valence-corrected chi connectivity index (χ2v) is 4.17. The van der Waals surface area contributed by atoms with Crippen molar-refractivity contribution in [2.45, 2.75) is 19.4 Å². The molecule has 1 heterocycles. The van der Waals surface area contributed by atoms with Crippen LogP contribution in [0.15, 0.2) is 22.7 Å². The van der Waals surface area contributed by atoms with Crippen molar-refractivity contribution in [3.05, 3.63) is 33.8 Å². The van der Waals surface area contributed by atoms with Crippen molar-refractivity contribution in [1.29, 1.82) is 0 Å². The first-order chi connectivity index (χ1) is 5.77. The Hall–Kier alpha value is -0.340. The Labute approximate surface area is 81.3 Å². The van der Waals surface area contributed by atoms with Crippen LogP contribution in [0.2, 0.25) is 0 Å². The zero-order valence-corrected chi connectivity index (χ0v) is 8.69. The normalized spacial score (nSPS) is 22.0. The number of benzene rings is 1. The Morgan fingerprint density at radius 1 is 1.50 bits per heavy atom. The van der Waals surface area contributed by atoms with Crippen LogP contribution >= 0.6 is 15.9 Å². The average molecular weight is 226 g/mol. The first-order valence-electron chi connectivity index (χ1n) is 4.27. The zero-order valence-electron chi connectivity index (χ0n) is 7.10. The predicted octanol–water partition coefficient (Wildman–Crippen LogP) is 2.79. The van der Waals surface area contributed by atoms with E-state index in [0.29, 0.717) is 6.04 Å². The van der Waals surface area contributed by atoms with Gasteiger partial charge in [0.25, 0.3) is 0 Å². The van der Waals surface area contributed by atoms with Crippen LogP contribution in [0.3, 0.4) is 0 Å². The van der Waals surface area contributed by atoms with Gasteiger partial charge in [-0.15, -0.1) is 0 Å². The first kappa shape index (κ1) is 8.27. The third-order valence-corrected chi connectivity index (χ3v) is 3.04. The Balaban J connectivity index is 2.31. The van der Waals surface area contributed by atoms with Gasteiger partial charge in [0.1, 0.15) is 0 Å². The van der Waals surface area contributed by atoms with Gasteiger partial charge in [-0.3, -0.25) is 0 Å². The third kappa shape index (κ3) is 1.41. The molecule has 1 N–H and O–H groups in total. The van der Waals surface area contributed by atoms with Gasteiger partial charge in [0, 0.05) is 10.5 Å². The van der Waals surface area contributed by atoms with Gasteiger partial charge in [0.2, 0.25) is 0 Å². The summed E-state index contributed by atoms with van der Waals surface area (Å²) in [4.78, 5) is 0. The van der Waals surface area contributed by atoms with E-state index in [1.165, 1.54) is 22.0 Å². The Bertz CT molecular complexity index is 292. The lowest BCUT2D eigenvalue weighted by Gasteiger charge is -2.28. The van der Waals surface area contributed by atoms with E-state index in [4.69, 9.17) is 0 Å². The summed E-state index contributed by atoms with van der Waals surface area (Å²) in [5.41, 5.74) is 2.71. The minimum atomic E-state index is 0.583. The minimum absolute atomic E-state index is 0.583. The SMILES string of the molecule is Cc1ccc([C@@H]2CCN2)c(Br)c1. The van der Waals surface area contributed by atoms with Gasteiger partial charge in [-0.2, -0.15) is 0 Å². The summed E-state index contributed by atoms with van der Waals surface area (Å²) in [7, 11) is 0. The molecule has 0 aliphatic carbocycles. The standard InChI is InChI=1S/C10H12BrN/c1-7-2-3-8(9(11)6-7)10-4-5-12-10/h2-3,6,10,12H,4-5H2,1H3/t10-/m0/s1. The smallest absolute Gasteiger partial charge is 0.0343 e. The molecule has 1 aromatic rings. The maximum atomic E-state index is 3.58. The molecular formula is C10H12BrN. The van der Waals surface area contributed by atoms with E-state index in [0.717, 1.165) is 6.54 Å². The maximum absolute atomic E-state index is 3.58. The average Bonchev–Trinajstić information content (AvgIpc) is 1.91. The van der Waals surface area contributed by atoms with E-state index in [9.17, 15) is 0 Å². The fraction of sp³-hybridized carbons (Fsp3) is 0.400. The van der Waals surface area contributed by atoms with Crippen LogP contribution in [-0.2, 0) is 0 Å². The molecular weight excluding hydrogens is 214 g/mol. The first-order valence-corrected chi connectivity index (χ1v) is 5.06. The molecule has 0 amide bonds. The molecule has 2 heteroatoms. The van der Waals surface area contributed by atoms with Crippen LogP contribution in [0.5, 0.6) is 0 Å². The third-order valence-electron chi connectivity index (χ3n) is 2.36. The Morgan fingerprint density at radius 2 is 2.25 bits per heavy atom. The highest BCUT2D eigenvalue weighted by Crippen LogP contribution is 2.29. The van der Waals surface area contributed by atoms with Gasteiger partial charge in [-0.25, -0.2) is 0 Å².